The van der Waals surface area contributed by atoms with Crippen LogP contribution < -0.4 is 0 Å². The first-order valence-electron chi connectivity index (χ1n) is 12.8. The number of amides is 2. The lowest BCUT2D eigenvalue weighted by Crippen LogP contribution is -2.48. The second-order valence-electron chi connectivity index (χ2n) is 9.83. The minimum Gasteiger partial charge on any atom is -0.385 e. The van der Waals surface area contributed by atoms with Gasteiger partial charge in [0, 0.05) is 55.1 Å². The molecule has 0 unspecified atom stereocenters. The second-order valence-corrected chi connectivity index (χ2v) is 10.7. The van der Waals surface area contributed by atoms with E-state index in [1.807, 2.05) is 18.7 Å². The average Bonchev–Trinajstić information content (AvgIpc) is 3.29. The molecule has 1 aliphatic carbocycles. The van der Waals surface area contributed by atoms with Gasteiger partial charge in [0.15, 0.2) is 0 Å². The van der Waals surface area contributed by atoms with E-state index in [1.54, 1.807) is 12.0 Å². The molecule has 1 saturated carbocycles. The van der Waals surface area contributed by atoms with Crippen molar-refractivity contribution < 1.29 is 14.3 Å². The van der Waals surface area contributed by atoms with Crippen LogP contribution >= 0.6 is 15.9 Å². The van der Waals surface area contributed by atoms with Gasteiger partial charge in [-0.25, -0.2) is 0 Å². The van der Waals surface area contributed by atoms with Crippen molar-refractivity contribution in [3.8, 4) is 0 Å². The molecule has 1 fully saturated rings. The summed E-state index contributed by atoms with van der Waals surface area (Å²) in [7, 11) is 1.66. The second kappa shape index (κ2) is 13.8. The Morgan fingerprint density at radius 2 is 1.83 bits per heavy atom. The zero-order chi connectivity index (χ0) is 25.2. The molecule has 6 nitrogen and oxygen atoms in total. The van der Waals surface area contributed by atoms with Gasteiger partial charge in [0.25, 0.3) is 0 Å². The Morgan fingerprint density at radius 3 is 2.49 bits per heavy atom. The number of carbonyl (C=O) groups excluding carboxylic acids is 2. The summed E-state index contributed by atoms with van der Waals surface area (Å²) in [5.41, 5.74) is 2.33. The zero-order valence-electron chi connectivity index (χ0n) is 21.4. The van der Waals surface area contributed by atoms with Crippen molar-refractivity contribution in [1.82, 2.24) is 14.4 Å². The highest BCUT2D eigenvalue weighted by atomic mass is 79.9. The standard InChI is InChI=1S/C28H40BrN3O3/c1-22(2)28(34)31(17-8-18-35-3)21-27(33)32(25-9-5-4-6-10-25)20-26-11-7-16-30(26)19-23-12-14-24(29)15-13-23/h7,11-16,22,25H,4-6,8-10,17-21H2,1-3H3. The van der Waals surface area contributed by atoms with Gasteiger partial charge in [-0.3, -0.25) is 9.59 Å². The fourth-order valence-corrected chi connectivity index (χ4v) is 5.07. The molecule has 192 valence electrons. The van der Waals surface area contributed by atoms with Gasteiger partial charge >= 0.3 is 0 Å². The molecule has 0 atom stereocenters. The SMILES string of the molecule is COCCCN(CC(=O)N(Cc1cccn1Cc1ccc(Br)cc1)C1CCCCC1)C(=O)C(C)C. The van der Waals surface area contributed by atoms with Crippen molar-refractivity contribution in [3.05, 3.63) is 58.3 Å². The Bertz CT molecular complexity index is 935. The summed E-state index contributed by atoms with van der Waals surface area (Å²) in [6, 6.07) is 12.7. The van der Waals surface area contributed by atoms with Crippen LogP contribution in [0.4, 0.5) is 0 Å². The number of hydrogen-bond acceptors (Lipinski definition) is 3. The molecule has 0 bridgehead atoms. The van der Waals surface area contributed by atoms with Gasteiger partial charge < -0.3 is 19.1 Å². The predicted molar refractivity (Wildman–Crippen MR) is 143 cm³/mol. The molecule has 0 N–H and O–H groups in total. The largest absolute Gasteiger partial charge is 0.385 e. The molecule has 3 rings (SSSR count). The molecule has 1 aromatic heterocycles. The molecule has 7 heteroatoms. The molecule has 1 aliphatic rings. The number of carbonyl (C=O) groups is 2. The van der Waals surface area contributed by atoms with Crippen LogP contribution in [-0.2, 0) is 27.4 Å². The molecule has 0 spiro atoms. The highest BCUT2D eigenvalue weighted by Gasteiger charge is 2.29. The van der Waals surface area contributed by atoms with Crippen molar-refractivity contribution in [3.63, 3.8) is 0 Å². The van der Waals surface area contributed by atoms with Gasteiger partial charge in [-0.2, -0.15) is 0 Å². The first-order chi connectivity index (χ1) is 16.9. The van der Waals surface area contributed by atoms with E-state index >= 15 is 0 Å². The monoisotopic (exact) mass is 545 g/mol. The number of rotatable bonds is 12. The predicted octanol–water partition coefficient (Wildman–Crippen LogP) is 5.48. The summed E-state index contributed by atoms with van der Waals surface area (Å²) in [6.07, 6.45) is 8.39. The maximum atomic E-state index is 13.7. The summed E-state index contributed by atoms with van der Waals surface area (Å²) in [4.78, 5) is 30.4. The number of hydrogen-bond donors (Lipinski definition) is 0. The third kappa shape index (κ3) is 8.21. The Hall–Kier alpha value is -2.12. The molecule has 2 aromatic rings. The van der Waals surface area contributed by atoms with Crippen molar-refractivity contribution in [2.75, 3.05) is 26.8 Å². The summed E-state index contributed by atoms with van der Waals surface area (Å²) in [5.74, 6) is -0.0759. The number of benzene rings is 1. The summed E-state index contributed by atoms with van der Waals surface area (Å²) < 4.78 is 8.47. The molecular formula is C28H40BrN3O3. The molecule has 2 amide bonds. The average molecular weight is 547 g/mol. The zero-order valence-corrected chi connectivity index (χ0v) is 23.0. The molecular weight excluding hydrogens is 506 g/mol. The van der Waals surface area contributed by atoms with Crippen molar-refractivity contribution in [2.24, 2.45) is 5.92 Å². The van der Waals surface area contributed by atoms with Crippen molar-refractivity contribution >= 4 is 27.7 Å². The van der Waals surface area contributed by atoms with E-state index in [-0.39, 0.29) is 30.3 Å². The number of aromatic nitrogens is 1. The van der Waals surface area contributed by atoms with Crippen LogP contribution in [-0.4, -0.2) is 59.0 Å². The van der Waals surface area contributed by atoms with Crippen LogP contribution in [0, 0.1) is 5.92 Å². The van der Waals surface area contributed by atoms with Gasteiger partial charge in [-0.15, -0.1) is 0 Å². The van der Waals surface area contributed by atoms with Crippen LogP contribution in [0.1, 0.15) is 63.6 Å². The molecule has 1 aromatic carbocycles. The molecule has 1 heterocycles. The quantitative estimate of drug-likeness (QED) is 0.332. The van der Waals surface area contributed by atoms with E-state index in [1.165, 1.54) is 12.0 Å². The van der Waals surface area contributed by atoms with Crippen LogP contribution in [0.2, 0.25) is 0 Å². The Morgan fingerprint density at radius 1 is 1.11 bits per heavy atom. The van der Waals surface area contributed by atoms with Crippen LogP contribution in [0.15, 0.2) is 47.1 Å². The normalized spacial score (nSPS) is 14.3. The first-order valence-corrected chi connectivity index (χ1v) is 13.6. The van der Waals surface area contributed by atoms with E-state index < -0.39 is 0 Å². The van der Waals surface area contributed by atoms with E-state index in [4.69, 9.17) is 4.74 Å². The smallest absolute Gasteiger partial charge is 0.242 e. The highest BCUT2D eigenvalue weighted by molar-refractivity contribution is 9.10. The summed E-state index contributed by atoms with van der Waals surface area (Å²) in [5, 5.41) is 0. The third-order valence-corrected chi connectivity index (χ3v) is 7.29. The third-order valence-electron chi connectivity index (χ3n) is 6.77. The van der Waals surface area contributed by atoms with Crippen molar-refractivity contribution in [2.45, 2.75) is 71.5 Å². The lowest BCUT2D eigenvalue weighted by atomic mass is 9.94. The lowest BCUT2D eigenvalue weighted by molar-refractivity contribution is -0.144. The van der Waals surface area contributed by atoms with Gasteiger partial charge in [-0.05, 0) is 49.1 Å². The maximum Gasteiger partial charge on any atom is 0.242 e. The van der Waals surface area contributed by atoms with Crippen molar-refractivity contribution in [1.29, 1.82) is 0 Å². The maximum absolute atomic E-state index is 13.7. The van der Waals surface area contributed by atoms with Gasteiger partial charge in [-0.1, -0.05) is 61.2 Å². The molecule has 0 saturated heterocycles. The molecule has 0 aliphatic heterocycles. The lowest BCUT2D eigenvalue weighted by Gasteiger charge is -2.36. The number of ether oxygens (including phenoxy) is 1. The van der Waals surface area contributed by atoms with Gasteiger partial charge in [0.2, 0.25) is 11.8 Å². The van der Waals surface area contributed by atoms with E-state index in [2.05, 4.69) is 63.1 Å². The number of halogens is 1. The van der Waals surface area contributed by atoms with E-state index in [0.717, 1.165) is 48.8 Å². The minimum atomic E-state index is -0.142. The number of methoxy groups -OCH3 is 1. The van der Waals surface area contributed by atoms with Crippen LogP contribution in [0.3, 0.4) is 0 Å². The topological polar surface area (TPSA) is 54.8 Å². The van der Waals surface area contributed by atoms with E-state index in [9.17, 15) is 9.59 Å². The fraction of sp³-hybridized carbons (Fsp3) is 0.571. The summed E-state index contributed by atoms with van der Waals surface area (Å²) in [6.45, 7) is 6.35. The molecule has 0 radical (unpaired) electrons. The first kappa shape index (κ1) is 27.5. The van der Waals surface area contributed by atoms with Crippen LogP contribution in [0.25, 0.3) is 0 Å². The molecule has 35 heavy (non-hydrogen) atoms. The Kier molecular flexibility index (Phi) is 10.9. The Balaban J connectivity index is 1.77. The van der Waals surface area contributed by atoms with E-state index in [0.29, 0.717) is 19.7 Å². The van der Waals surface area contributed by atoms with Gasteiger partial charge in [0.05, 0.1) is 13.1 Å². The van der Waals surface area contributed by atoms with Crippen LogP contribution in [0.5, 0.6) is 0 Å². The minimum absolute atomic E-state index is 0.0247. The number of nitrogens with zero attached hydrogens (tertiary/aromatic N) is 3. The highest BCUT2D eigenvalue weighted by Crippen LogP contribution is 2.25. The van der Waals surface area contributed by atoms with Gasteiger partial charge in [0.1, 0.15) is 0 Å². The Labute approximate surface area is 218 Å². The fourth-order valence-electron chi connectivity index (χ4n) is 4.81. The summed E-state index contributed by atoms with van der Waals surface area (Å²) >= 11 is 3.50.